The number of nitrogens with one attached hydrogen (secondary N) is 1. The van der Waals surface area contributed by atoms with Gasteiger partial charge in [0.2, 0.25) is 5.91 Å². The van der Waals surface area contributed by atoms with Gasteiger partial charge in [-0.1, -0.05) is 11.6 Å². The Labute approximate surface area is 111 Å². The van der Waals surface area contributed by atoms with E-state index in [0.29, 0.717) is 17.8 Å². The highest BCUT2D eigenvalue weighted by atomic mass is 35.5. The number of aromatic nitrogens is 1. The van der Waals surface area contributed by atoms with Gasteiger partial charge in [0.05, 0.1) is 0 Å². The van der Waals surface area contributed by atoms with Gasteiger partial charge in [0.15, 0.2) is 0 Å². The Bertz CT molecular complexity index is 440. The molecule has 0 aliphatic carbocycles. The van der Waals surface area contributed by atoms with Crippen LogP contribution in [0.4, 0.5) is 0 Å². The van der Waals surface area contributed by atoms with E-state index in [1.165, 1.54) is 11.0 Å². The Kier molecular flexibility index (Phi) is 5.09. The maximum Gasteiger partial charge on any atom is 0.251 e. The van der Waals surface area contributed by atoms with Crippen LogP contribution in [0.15, 0.2) is 12.1 Å². The maximum absolute atomic E-state index is 11.8. The second kappa shape index (κ2) is 6.35. The normalized spacial score (nSPS) is 10.0. The number of aryl methyl sites for hydroxylation is 1. The Balaban J connectivity index is 2.53. The van der Waals surface area contributed by atoms with E-state index in [2.05, 4.69) is 10.3 Å². The number of carbonyl (C=O) groups is 2. The molecule has 0 radical (unpaired) electrons. The van der Waals surface area contributed by atoms with Crippen LogP contribution in [0.25, 0.3) is 0 Å². The fourth-order valence-electron chi connectivity index (χ4n) is 1.37. The van der Waals surface area contributed by atoms with Gasteiger partial charge in [-0.2, -0.15) is 0 Å². The van der Waals surface area contributed by atoms with Crippen molar-refractivity contribution < 1.29 is 9.59 Å². The molecule has 1 aromatic rings. The first-order chi connectivity index (χ1) is 8.40. The van der Waals surface area contributed by atoms with E-state index in [0.717, 1.165) is 0 Å². The van der Waals surface area contributed by atoms with Crippen LogP contribution in [0.2, 0.25) is 5.15 Å². The summed E-state index contributed by atoms with van der Waals surface area (Å²) in [6.45, 7) is 2.06. The lowest BCUT2D eigenvalue weighted by Crippen LogP contribution is -2.30. The second-order valence-corrected chi connectivity index (χ2v) is 4.50. The van der Waals surface area contributed by atoms with Gasteiger partial charge in [-0.25, -0.2) is 4.98 Å². The third-order valence-electron chi connectivity index (χ3n) is 2.31. The number of amides is 2. The van der Waals surface area contributed by atoms with Crippen LogP contribution >= 0.6 is 11.6 Å². The summed E-state index contributed by atoms with van der Waals surface area (Å²) in [6.07, 6.45) is 0.274. The van der Waals surface area contributed by atoms with E-state index in [1.54, 1.807) is 27.1 Å². The molecule has 0 fully saturated rings. The Morgan fingerprint density at radius 2 is 2.06 bits per heavy atom. The Morgan fingerprint density at radius 1 is 1.39 bits per heavy atom. The molecule has 0 saturated heterocycles. The number of nitrogens with zero attached hydrogens (tertiary/aromatic N) is 2. The van der Waals surface area contributed by atoms with Crippen LogP contribution in [-0.4, -0.2) is 42.3 Å². The summed E-state index contributed by atoms with van der Waals surface area (Å²) < 4.78 is 0. The minimum atomic E-state index is -0.256. The van der Waals surface area contributed by atoms with Crippen molar-refractivity contribution in [2.24, 2.45) is 0 Å². The van der Waals surface area contributed by atoms with Crippen LogP contribution in [0, 0.1) is 6.92 Å². The van der Waals surface area contributed by atoms with Crippen LogP contribution in [-0.2, 0) is 4.79 Å². The highest BCUT2D eigenvalue weighted by Crippen LogP contribution is 2.10. The molecule has 0 unspecified atom stereocenters. The molecule has 98 valence electrons. The molecule has 1 rings (SSSR count). The molecule has 0 aliphatic rings. The quantitative estimate of drug-likeness (QED) is 0.837. The van der Waals surface area contributed by atoms with Gasteiger partial charge in [-0.3, -0.25) is 9.59 Å². The lowest BCUT2D eigenvalue weighted by molar-refractivity contribution is -0.128. The molecule has 2 amide bonds. The van der Waals surface area contributed by atoms with Gasteiger partial charge in [-0.15, -0.1) is 0 Å². The molecule has 0 saturated carbocycles. The number of hydrogen-bond acceptors (Lipinski definition) is 3. The molecule has 0 atom stereocenters. The third kappa shape index (κ3) is 4.33. The predicted molar refractivity (Wildman–Crippen MR) is 69.6 cm³/mol. The lowest BCUT2D eigenvalue weighted by atomic mass is 10.2. The molecule has 1 heterocycles. The number of hydrogen-bond donors (Lipinski definition) is 1. The van der Waals surface area contributed by atoms with Gasteiger partial charge in [0.25, 0.3) is 5.91 Å². The summed E-state index contributed by atoms with van der Waals surface area (Å²) in [5, 5.41) is 2.95. The maximum atomic E-state index is 11.8. The standard InChI is InChI=1S/C12H16ClN3O2/c1-8-6-9(7-10(13)15-8)12(18)14-5-4-11(17)16(2)3/h6-7H,4-5H2,1-3H3,(H,14,18). The lowest BCUT2D eigenvalue weighted by Gasteiger charge is -2.10. The number of pyridine rings is 1. The highest BCUT2D eigenvalue weighted by molar-refractivity contribution is 6.29. The van der Waals surface area contributed by atoms with Crippen molar-refractivity contribution in [3.8, 4) is 0 Å². The van der Waals surface area contributed by atoms with Crippen LogP contribution in [0.5, 0.6) is 0 Å². The van der Waals surface area contributed by atoms with Crippen molar-refractivity contribution in [3.63, 3.8) is 0 Å². The average molecular weight is 270 g/mol. The minimum Gasteiger partial charge on any atom is -0.352 e. The SMILES string of the molecule is Cc1cc(C(=O)NCCC(=O)N(C)C)cc(Cl)n1. The molecule has 0 aliphatic heterocycles. The van der Waals surface area contributed by atoms with Crippen LogP contribution in [0.1, 0.15) is 22.5 Å². The Hall–Kier alpha value is -1.62. The van der Waals surface area contributed by atoms with Gasteiger partial charge < -0.3 is 10.2 Å². The monoisotopic (exact) mass is 269 g/mol. The van der Waals surface area contributed by atoms with E-state index >= 15 is 0 Å². The summed E-state index contributed by atoms with van der Waals surface area (Å²) in [5.74, 6) is -0.284. The number of carbonyl (C=O) groups excluding carboxylic acids is 2. The van der Waals surface area contributed by atoms with Crippen LogP contribution < -0.4 is 5.32 Å². The molecule has 1 N–H and O–H groups in total. The molecule has 18 heavy (non-hydrogen) atoms. The topological polar surface area (TPSA) is 62.3 Å². The van der Waals surface area contributed by atoms with Crippen molar-refractivity contribution in [1.29, 1.82) is 0 Å². The van der Waals surface area contributed by atoms with E-state index in [1.807, 2.05) is 0 Å². The van der Waals surface area contributed by atoms with E-state index < -0.39 is 0 Å². The predicted octanol–water partition coefficient (Wildman–Crippen LogP) is 1.25. The largest absolute Gasteiger partial charge is 0.352 e. The van der Waals surface area contributed by atoms with Gasteiger partial charge in [0, 0.05) is 38.3 Å². The summed E-state index contributed by atoms with van der Waals surface area (Å²) in [6, 6.07) is 3.15. The van der Waals surface area contributed by atoms with E-state index in [4.69, 9.17) is 11.6 Å². The third-order valence-corrected chi connectivity index (χ3v) is 2.50. The fourth-order valence-corrected chi connectivity index (χ4v) is 1.62. The molecular weight excluding hydrogens is 254 g/mol. The summed E-state index contributed by atoms with van der Waals surface area (Å²) in [7, 11) is 3.35. The van der Waals surface area contributed by atoms with Crippen molar-refractivity contribution in [2.45, 2.75) is 13.3 Å². The highest BCUT2D eigenvalue weighted by Gasteiger charge is 2.09. The van der Waals surface area contributed by atoms with Crippen molar-refractivity contribution in [2.75, 3.05) is 20.6 Å². The summed E-state index contributed by atoms with van der Waals surface area (Å²) >= 11 is 5.77. The summed E-state index contributed by atoms with van der Waals surface area (Å²) in [4.78, 5) is 28.5. The van der Waals surface area contributed by atoms with Gasteiger partial charge in [0.1, 0.15) is 5.15 Å². The minimum absolute atomic E-state index is 0.0285. The van der Waals surface area contributed by atoms with E-state index in [9.17, 15) is 9.59 Å². The first kappa shape index (κ1) is 14.4. The first-order valence-electron chi connectivity index (χ1n) is 5.52. The fraction of sp³-hybridized carbons (Fsp3) is 0.417. The molecule has 0 aromatic carbocycles. The van der Waals surface area contributed by atoms with Gasteiger partial charge >= 0.3 is 0 Å². The summed E-state index contributed by atoms with van der Waals surface area (Å²) in [5.41, 5.74) is 1.13. The molecule has 5 nitrogen and oxygen atoms in total. The van der Waals surface area contributed by atoms with Crippen LogP contribution in [0.3, 0.4) is 0 Å². The second-order valence-electron chi connectivity index (χ2n) is 4.11. The van der Waals surface area contributed by atoms with Crippen molar-refractivity contribution in [3.05, 3.63) is 28.5 Å². The Morgan fingerprint density at radius 3 is 2.61 bits per heavy atom. The zero-order chi connectivity index (χ0) is 13.7. The zero-order valence-electron chi connectivity index (χ0n) is 10.7. The molecule has 0 spiro atoms. The number of halogens is 1. The van der Waals surface area contributed by atoms with Gasteiger partial charge in [-0.05, 0) is 19.1 Å². The molecular formula is C12H16ClN3O2. The first-order valence-corrected chi connectivity index (χ1v) is 5.90. The smallest absolute Gasteiger partial charge is 0.251 e. The van der Waals surface area contributed by atoms with Crippen molar-refractivity contribution in [1.82, 2.24) is 15.2 Å². The molecule has 0 bridgehead atoms. The van der Waals surface area contributed by atoms with E-state index in [-0.39, 0.29) is 23.4 Å². The zero-order valence-corrected chi connectivity index (χ0v) is 11.4. The van der Waals surface area contributed by atoms with Crippen molar-refractivity contribution >= 4 is 23.4 Å². The molecule has 1 aromatic heterocycles. The average Bonchev–Trinajstić information content (AvgIpc) is 2.27. The number of rotatable bonds is 4. The molecule has 6 heteroatoms.